The fourth-order valence-corrected chi connectivity index (χ4v) is 3.07. The predicted molar refractivity (Wildman–Crippen MR) is 85.4 cm³/mol. The largest absolute Gasteiger partial charge is 0.356 e. The average Bonchev–Trinajstić information content (AvgIpc) is 2.67. The summed E-state index contributed by atoms with van der Waals surface area (Å²) in [7, 11) is 0. The van der Waals surface area contributed by atoms with Gasteiger partial charge in [0, 0.05) is 31.4 Å². The van der Waals surface area contributed by atoms with Gasteiger partial charge in [0.1, 0.15) is 5.82 Å². The van der Waals surface area contributed by atoms with Gasteiger partial charge in [-0.3, -0.25) is 0 Å². The van der Waals surface area contributed by atoms with Crippen molar-refractivity contribution in [2.24, 2.45) is 5.92 Å². The van der Waals surface area contributed by atoms with E-state index < -0.39 is 0 Å². The van der Waals surface area contributed by atoms with Crippen LogP contribution in [0.3, 0.4) is 0 Å². The van der Waals surface area contributed by atoms with Crippen LogP contribution in [0.25, 0.3) is 0 Å². The Labute approximate surface area is 123 Å². The van der Waals surface area contributed by atoms with Gasteiger partial charge >= 0.3 is 0 Å². The fraction of sp³-hybridized carbons (Fsp3) is 0.750. The van der Waals surface area contributed by atoms with Crippen LogP contribution in [-0.4, -0.2) is 29.6 Å². The number of aryl methyl sites for hydroxylation is 1. The van der Waals surface area contributed by atoms with Gasteiger partial charge in [-0.15, -0.1) is 0 Å². The minimum absolute atomic E-state index is 0.752. The Morgan fingerprint density at radius 3 is 2.90 bits per heavy atom. The summed E-state index contributed by atoms with van der Waals surface area (Å²) < 4.78 is 0. The minimum atomic E-state index is 0.752. The highest BCUT2D eigenvalue weighted by Gasteiger charge is 2.19. The molecule has 1 aliphatic rings. The third-order valence-corrected chi connectivity index (χ3v) is 4.12. The zero-order valence-corrected chi connectivity index (χ0v) is 13.2. The summed E-state index contributed by atoms with van der Waals surface area (Å²) in [5.74, 6) is 2.77. The zero-order valence-electron chi connectivity index (χ0n) is 13.2. The van der Waals surface area contributed by atoms with E-state index in [1.54, 1.807) is 0 Å². The molecular formula is C16H28N4. The molecule has 1 aromatic rings. The Balaban J connectivity index is 2.08. The van der Waals surface area contributed by atoms with Crippen LogP contribution in [0.1, 0.15) is 51.5 Å². The molecule has 0 amide bonds. The maximum atomic E-state index is 4.70. The molecule has 0 aromatic carbocycles. The van der Waals surface area contributed by atoms with Crippen molar-refractivity contribution in [2.45, 2.75) is 52.9 Å². The van der Waals surface area contributed by atoms with Gasteiger partial charge < -0.3 is 10.2 Å². The monoisotopic (exact) mass is 276 g/mol. The highest BCUT2D eigenvalue weighted by atomic mass is 15.2. The quantitative estimate of drug-likeness (QED) is 0.891. The first-order valence-electron chi connectivity index (χ1n) is 8.07. The first-order chi connectivity index (χ1) is 9.74. The lowest BCUT2D eigenvalue weighted by Gasteiger charge is -2.23. The summed E-state index contributed by atoms with van der Waals surface area (Å²) in [6.07, 6.45) is 8.57. The van der Waals surface area contributed by atoms with E-state index in [4.69, 9.17) is 4.98 Å². The lowest BCUT2D eigenvalue weighted by Crippen LogP contribution is -2.26. The maximum absolute atomic E-state index is 4.70. The summed E-state index contributed by atoms with van der Waals surface area (Å²) in [6, 6.07) is 0. The van der Waals surface area contributed by atoms with E-state index >= 15 is 0 Å². The second-order valence-electron chi connectivity index (χ2n) is 5.80. The van der Waals surface area contributed by atoms with E-state index in [0.717, 1.165) is 37.3 Å². The first kappa shape index (κ1) is 15.1. The highest BCUT2D eigenvalue weighted by Crippen LogP contribution is 2.26. The third kappa shape index (κ3) is 3.84. The maximum Gasteiger partial charge on any atom is 0.224 e. The topological polar surface area (TPSA) is 41.1 Å². The molecule has 1 aliphatic heterocycles. The van der Waals surface area contributed by atoms with Gasteiger partial charge in [-0.05, 0) is 39.0 Å². The van der Waals surface area contributed by atoms with Gasteiger partial charge in [0.25, 0.3) is 0 Å². The molecule has 4 heteroatoms. The standard InChI is InChI=1S/C16H28N4/c1-4-7-14-8-6-10-20(11-9-14)15-13(3)12-18-16(19-15)17-5-2/h12,14H,4-11H2,1-3H3,(H,17,18,19). The lowest BCUT2D eigenvalue weighted by molar-refractivity contribution is 0.435. The minimum Gasteiger partial charge on any atom is -0.356 e. The summed E-state index contributed by atoms with van der Waals surface area (Å²) in [6.45, 7) is 9.60. The molecule has 1 N–H and O–H groups in total. The van der Waals surface area contributed by atoms with E-state index in [-0.39, 0.29) is 0 Å². The first-order valence-corrected chi connectivity index (χ1v) is 8.07. The molecule has 0 radical (unpaired) electrons. The molecule has 20 heavy (non-hydrogen) atoms. The van der Waals surface area contributed by atoms with Crippen molar-refractivity contribution in [2.75, 3.05) is 29.9 Å². The van der Waals surface area contributed by atoms with Crippen LogP contribution in [-0.2, 0) is 0 Å². The molecule has 2 heterocycles. The van der Waals surface area contributed by atoms with Crippen LogP contribution in [0.5, 0.6) is 0 Å². The molecule has 0 aliphatic carbocycles. The van der Waals surface area contributed by atoms with Crippen LogP contribution in [0, 0.1) is 12.8 Å². The van der Waals surface area contributed by atoms with Crippen LogP contribution in [0.2, 0.25) is 0 Å². The van der Waals surface area contributed by atoms with Crippen molar-refractivity contribution in [1.82, 2.24) is 9.97 Å². The van der Waals surface area contributed by atoms with Gasteiger partial charge in [0.2, 0.25) is 5.95 Å². The van der Waals surface area contributed by atoms with E-state index in [1.165, 1.54) is 37.7 Å². The van der Waals surface area contributed by atoms with E-state index in [2.05, 4.69) is 36.0 Å². The number of anilines is 2. The van der Waals surface area contributed by atoms with Crippen molar-refractivity contribution < 1.29 is 0 Å². The Hall–Kier alpha value is -1.32. The van der Waals surface area contributed by atoms with Crippen LogP contribution < -0.4 is 10.2 Å². The van der Waals surface area contributed by atoms with E-state index in [0.29, 0.717) is 0 Å². The molecule has 0 bridgehead atoms. The Morgan fingerprint density at radius 1 is 1.30 bits per heavy atom. The molecule has 2 rings (SSSR count). The van der Waals surface area contributed by atoms with Gasteiger partial charge in [0.05, 0.1) is 0 Å². The normalized spacial score (nSPS) is 19.8. The molecular weight excluding hydrogens is 248 g/mol. The number of nitrogens with zero attached hydrogens (tertiary/aromatic N) is 3. The third-order valence-electron chi connectivity index (χ3n) is 4.12. The number of aromatic nitrogens is 2. The van der Waals surface area contributed by atoms with Crippen LogP contribution in [0.4, 0.5) is 11.8 Å². The van der Waals surface area contributed by atoms with Crippen molar-refractivity contribution in [3.8, 4) is 0 Å². The van der Waals surface area contributed by atoms with Crippen molar-refractivity contribution in [3.05, 3.63) is 11.8 Å². The molecule has 1 fully saturated rings. The molecule has 1 atom stereocenters. The van der Waals surface area contributed by atoms with E-state index in [1.807, 2.05) is 6.20 Å². The molecule has 4 nitrogen and oxygen atoms in total. The number of hydrogen-bond acceptors (Lipinski definition) is 4. The fourth-order valence-electron chi connectivity index (χ4n) is 3.07. The van der Waals surface area contributed by atoms with E-state index in [9.17, 15) is 0 Å². The molecule has 1 saturated heterocycles. The molecule has 1 aromatic heterocycles. The lowest BCUT2D eigenvalue weighted by atomic mass is 9.96. The van der Waals surface area contributed by atoms with Crippen molar-refractivity contribution in [3.63, 3.8) is 0 Å². The Bertz CT molecular complexity index is 419. The van der Waals surface area contributed by atoms with Gasteiger partial charge in [-0.2, -0.15) is 4.98 Å². The highest BCUT2D eigenvalue weighted by molar-refractivity contribution is 5.49. The molecule has 1 unspecified atom stereocenters. The smallest absolute Gasteiger partial charge is 0.224 e. The molecule has 0 saturated carbocycles. The zero-order chi connectivity index (χ0) is 14.4. The van der Waals surface area contributed by atoms with Crippen LogP contribution in [0.15, 0.2) is 6.20 Å². The average molecular weight is 276 g/mol. The SMILES string of the molecule is CCCC1CCCN(c2nc(NCC)ncc2C)CC1. The van der Waals surface area contributed by atoms with Crippen molar-refractivity contribution >= 4 is 11.8 Å². The van der Waals surface area contributed by atoms with Gasteiger partial charge in [0.15, 0.2) is 0 Å². The Morgan fingerprint density at radius 2 is 2.15 bits per heavy atom. The molecule has 112 valence electrons. The number of nitrogens with one attached hydrogen (secondary N) is 1. The van der Waals surface area contributed by atoms with Gasteiger partial charge in [-0.25, -0.2) is 4.98 Å². The summed E-state index contributed by atoms with van der Waals surface area (Å²) in [5.41, 5.74) is 1.18. The van der Waals surface area contributed by atoms with Crippen LogP contribution >= 0.6 is 0 Å². The summed E-state index contributed by atoms with van der Waals surface area (Å²) in [4.78, 5) is 11.5. The van der Waals surface area contributed by atoms with Crippen molar-refractivity contribution in [1.29, 1.82) is 0 Å². The predicted octanol–water partition coefficient (Wildman–Crippen LogP) is 3.62. The summed E-state index contributed by atoms with van der Waals surface area (Å²) >= 11 is 0. The Kier molecular flexibility index (Phi) is 5.62. The molecule has 0 spiro atoms. The number of rotatable bonds is 5. The second kappa shape index (κ2) is 7.46. The number of hydrogen-bond donors (Lipinski definition) is 1. The van der Waals surface area contributed by atoms with Gasteiger partial charge in [-0.1, -0.05) is 19.8 Å². The summed E-state index contributed by atoms with van der Waals surface area (Å²) in [5, 5.41) is 3.21. The second-order valence-corrected chi connectivity index (χ2v) is 5.80.